The molecule has 1 atom stereocenters. The van der Waals surface area contributed by atoms with Crippen LogP contribution >= 0.6 is 15.9 Å². The summed E-state index contributed by atoms with van der Waals surface area (Å²) in [5.41, 5.74) is 0. The van der Waals surface area contributed by atoms with Gasteiger partial charge in [0.05, 0.1) is 0 Å². The van der Waals surface area contributed by atoms with Crippen LogP contribution in [0.1, 0.15) is 52.4 Å². The first-order valence-electron chi connectivity index (χ1n) is 4.77. The molecule has 1 heteroatoms. The highest BCUT2D eigenvalue weighted by molar-refractivity contribution is 9.09. The molecule has 0 nitrogen and oxygen atoms in total. The van der Waals surface area contributed by atoms with Crippen molar-refractivity contribution >= 4 is 15.9 Å². The number of alkyl halides is 1. The van der Waals surface area contributed by atoms with E-state index in [9.17, 15) is 0 Å². The number of unbranched alkanes of at least 4 members (excludes halogenated alkanes) is 3. The van der Waals surface area contributed by atoms with Crippen molar-refractivity contribution < 1.29 is 0 Å². The van der Waals surface area contributed by atoms with Crippen molar-refractivity contribution in [3.63, 3.8) is 0 Å². The van der Waals surface area contributed by atoms with Crippen LogP contribution in [-0.2, 0) is 0 Å². The summed E-state index contributed by atoms with van der Waals surface area (Å²) in [6.45, 7) is 4.47. The average molecular weight is 220 g/mol. The lowest BCUT2D eigenvalue weighted by molar-refractivity contribution is 0.672. The molecule has 1 radical (unpaired) electrons. The molecule has 0 aromatic rings. The fourth-order valence-electron chi connectivity index (χ4n) is 1.10. The van der Waals surface area contributed by atoms with E-state index in [0.29, 0.717) is 0 Å². The molecule has 0 rings (SSSR count). The van der Waals surface area contributed by atoms with E-state index in [4.69, 9.17) is 0 Å². The standard InChI is InChI=1S/C10H20Br/c1-3-5-6-7-9-10(11)8-4-2/h6,10H,3-5,7-9H2,1-2H3. The normalized spacial score (nSPS) is 13.4. The molecular weight excluding hydrogens is 200 g/mol. The number of halogens is 1. The first-order valence-corrected chi connectivity index (χ1v) is 5.68. The molecule has 0 aromatic heterocycles. The van der Waals surface area contributed by atoms with Crippen LogP contribution in [0.2, 0.25) is 0 Å². The predicted octanol–water partition coefficient (Wildman–Crippen LogP) is 4.33. The molecule has 0 aliphatic heterocycles. The van der Waals surface area contributed by atoms with Gasteiger partial charge in [-0.2, -0.15) is 0 Å². The van der Waals surface area contributed by atoms with Gasteiger partial charge in [-0.3, -0.25) is 0 Å². The van der Waals surface area contributed by atoms with Gasteiger partial charge in [0.15, 0.2) is 0 Å². The lowest BCUT2D eigenvalue weighted by Gasteiger charge is -2.06. The second-order valence-corrected chi connectivity index (χ2v) is 4.34. The van der Waals surface area contributed by atoms with Crippen LogP contribution in [0.15, 0.2) is 0 Å². The van der Waals surface area contributed by atoms with Crippen LogP contribution in [0.3, 0.4) is 0 Å². The summed E-state index contributed by atoms with van der Waals surface area (Å²) in [5, 5.41) is 0. The zero-order valence-corrected chi connectivity index (χ0v) is 9.36. The topological polar surface area (TPSA) is 0 Å². The van der Waals surface area contributed by atoms with Crippen molar-refractivity contribution in [2.24, 2.45) is 0 Å². The van der Waals surface area contributed by atoms with Crippen molar-refractivity contribution in [2.75, 3.05) is 0 Å². The van der Waals surface area contributed by atoms with Crippen LogP contribution in [0.5, 0.6) is 0 Å². The third kappa shape index (κ3) is 8.39. The highest BCUT2D eigenvalue weighted by Gasteiger charge is 2.00. The monoisotopic (exact) mass is 219 g/mol. The Kier molecular flexibility index (Phi) is 8.95. The van der Waals surface area contributed by atoms with Gasteiger partial charge in [0, 0.05) is 4.83 Å². The summed E-state index contributed by atoms with van der Waals surface area (Å²) in [7, 11) is 0. The molecule has 67 valence electrons. The van der Waals surface area contributed by atoms with Gasteiger partial charge in [-0.15, -0.1) is 0 Å². The van der Waals surface area contributed by atoms with Crippen molar-refractivity contribution in [3.8, 4) is 0 Å². The van der Waals surface area contributed by atoms with E-state index >= 15 is 0 Å². The Morgan fingerprint density at radius 2 is 1.82 bits per heavy atom. The minimum atomic E-state index is 0.751. The van der Waals surface area contributed by atoms with E-state index < -0.39 is 0 Å². The molecule has 0 fully saturated rings. The van der Waals surface area contributed by atoms with Crippen LogP contribution in [0.4, 0.5) is 0 Å². The molecule has 0 heterocycles. The third-order valence-corrected chi connectivity index (χ3v) is 2.69. The zero-order chi connectivity index (χ0) is 8.53. The van der Waals surface area contributed by atoms with E-state index in [1.54, 1.807) is 0 Å². The van der Waals surface area contributed by atoms with Gasteiger partial charge in [-0.1, -0.05) is 49.0 Å². The lowest BCUT2D eigenvalue weighted by atomic mass is 10.1. The Labute approximate surface area is 79.9 Å². The fraction of sp³-hybridized carbons (Fsp3) is 0.900. The van der Waals surface area contributed by atoms with Gasteiger partial charge in [-0.05, 0) is 25.7 Å². The summed E-state index contributed by atoms with van der Waals surface area (Å²) < 4.78 is 0. The molecule has 11 heavy (non-hydrogen) atoms. The second-order valence-electron chi connectivity index (χ2n) is 3.04. The first kappa shape index (κ1) is 11.5. The fourth-order valence-corrected chi connectivity index (χ4v) is 1.83. The molecule has 1 unspecified atom stereocenters. The highest BCUT2D eigenvalue weighted by atomic mass is 79.9. The second kappa shape index (κ2) is 8.58. The largest absolute Gasteiger partial charge is 0.0891 e. The average Bonchev–Trinajstić information content (AvgIpc) is 1.99. The highest BCUT2D eigenvalue weighted by Crippen LogP contribution is 2.15. The van der Waals surface area contributed by atoms with Crippen molar-refractivity contribution in [1.29, 1.82) is 0 Å². The molecule has 0 aliphatic rings. The molecule has 0 aromatic carbocycles. The van der Waals surface area contributed by atoms with Crippen LogP contribution in [-0.4, -0.2) is 4.83 Å². The maximum Gasteiger partial charge on any atom is 0.0145 e. The van der Waals surface area contributed by atoms with Gasteiger partial charge in [0.25, 0.3) is 0 Å². The third-order valence-electron chi connectivity index (χ3n) is 1.78. The molecule has 0 N–H and O–H groups in total. The Balaban J connectivity index is 2.97. The Morgan fingerprint density at radius 1 is 1.09 bits per heavy atom. The molecule has 0 saturated carbocycles. The molecule has 0 bridgehead atoms. The predicted molar refractivity (Wildman–Crippen MR) is 56.1 cm³/mol. The number of hydrogen-bond donors (Lipinski definition) is 0. The summed E-state index contributed by atoms with van der Waals surface area (Å²) >= 11 is 3.67. The quantitative estimate of drug-likeness (QED) is 0.442. The van der Waals surface area contributed by atoms with Crippen molar-refractivity contribution in [2.45, 2.75) is 57.2 Å². The van der Waals surface area contributed by atoms with Gasteiger partial charge < -0.3 is 0 Å². The summed E-state index contributed by atoms with van der Waals surface area (Å²) in [5.74, 6) is 0. The van der Waals surface area contributed by atoms with Crippen LogP contribution < -0.4 is 0 Å². The number of hydrogen-bond acceptors (Lipinski definition) is 0. The Morgan fingerprint density at radius 3 is 2.36 bits per heavy atom. The molecule has 0 aliphatic carbocycles. The lowest BCUT2D eigenvalue weighted by Crippen LogP contribution is -1.96. The Bertz CT molecular complexity index is 71.3. The molecule has 0 amide bonds. The molecular formula is C10H20Br. The molecule has 0 spiro atoms. The van der Waals surface area contributed by atoms with E-state index in [-0.39, 0.29) is 0 Å². The van der Waals surface area contributed by atoms with Gasteiger partial charge in [0.1, 0.15) is 0 Å². The van der Waals surface area contributed by atoms with Crippen LogP contribution in [0.25, 0.3) is 0 Å². The zero-order valence-electron chi connectivity index (χ0n) is 7.78. The van der Waals surface area contributed by atoms with Gasteiger partial charge in [0.2, 0.25) is 0 Å². The van der Waals surface area contributed by atoms with E-state index in [1.807, 2.05) is 0 Å². The molecule has 0 saturated heterocycles. The minimum absolute atomic E-state index is 0.751. The SMILES string of the molecule is CCC[CH]CCC(Br)CCC. The smallest absolute Gasteiger partial charge is 0.0145 e. The summed E-state index contributed by atoms with van der Waals surface area (Å²) in [6, 6.07) is 0. The minimum Gasteiger partial charge on any atom is -0.0891 e. The van der Waals surface area contributed by atoms with Crippen molar-refractivity contribution in [3.05, 3.63) is 6.42 Å². The summed E-state index contributed by atoms with van der Waals surface area (Å²) in [6.07, 6.45) is 10.2. The van der Waals surface area contributed by atoms with E-state index in [0.717, 1.165) is 4.83 Å². The van der Waals surface area contributed by atoms with E-state index in [1.165, 1.54) is 38.5 Å². The van der Waals surface area contributed by atoms with E-state index in [2.05, 4.69) is 36.2 Å². The first-order chi connectivity index (χ1) is 5.31. The Hall–Kier alpha value is 0.480. The summed E-state index contributed by atoms with van der Waals surface area (Å²) in [4.78, 5) is 0.751. The number of rotatable bonds is 7. The van der Waals surface area contributed by atoms with Gasteiger partial charge in [-0.25, -0.2) is 0 Å². The maximum atomic E-state index is 3.67. The van der Waals surface area contributed by atoms with Crippen molar-refractivity contribution in [1.82, 2.24) is 0 Å². The van der Waals surface area contributed by atoms with Gasteiger partial charge >= 0.3 is 0 Å². The van der Waals surface area contributed by atoms with Crippen LogP contribution in [0, 0.1) is 6.42 Å². The maximum absolute atomic E-state index is 3.67.